The molecule has 1 saturated heterocycles. The second-order valence-electron chi connectivity index (χ2n) is 9.18. The molecule has 0 N–H and O–H groups in total. The molecule has 3 aromatic carbocycles. The molecule has 3 amide bonds. The molecule has 180 valence electrons. The van der Waals surface area contributed by atoms with E-state index in [2.05, 4.69) is 13.8 Å². The molecule has 1 fully saturated rings. The Morgan fingerprint density at radius 1 is 0.971 bits per heavy atom. The Kier molecular flexibility index (Phi) is 7.01. The number of methoxy groups -OCH3 is 1. The lowest BCUT2D eigenvalue weighted by atomic mass is 10.0. The van der Waals surface area contributed by atoms with Gasteiger partial charge in [0, 0.05) is 12.1 Å². The highest BCUT2D eigenvalue weighted by atomic mass is 16.5. The van der Waals surface area contributed by atoms with Gasteiger partial charge in [-0.2, -0.15) is 0 Å². The molecule has 0 spiro atoms. The molecule has 1 unspecified atom stereocenters. The second kappa shape index (κ2) is 10.1. The Morgan fingerprint density at radius 3 is 2.17 bits per heavy atom. The zero-order valence-electron chi connectivity index (χ0n) is 20.5. The summed E-state index contributed by atoms with van der Waals surface area (Å²) in [6, 6.07) is 21.1. The first-order valence-electron chi connectivity index (χ1n) is 11.8. The van der Waals surface area contributed by atoms with Gasteiger partial charge in [-0.25, -0.2) is 4.90 Å². The van der Waals surface area contributed by atoms with E-state index in [4.69, 9.17) is 4.74 Å². The van der Waals surface area contributed by atoms with Crippen molar-refractivity contribution in [1.82, 2.24) is 4.90 Å². The third kappa shape index (κ3) is 5.11. The molecule has 4 rings (SSSR count). The Bertz CT molecular complexity index is 1220. The molecular formula is C29H30N2O4. The summed E-state index contributed by atoms with van der Waals surface area (Å²) in [5, 5.41) is 0. The van der Waals surface area contributed by atoms with Crippen molar-refractivity contribution < 1.29 is 19.1 Å². The maximum Gasteiger partial charge on any atom is 0.257 e. The van der Waals surface area contributed by atoms with Gasteiger partial charge in [0.1, 0.15) is 11.8 Å². The molecule has 1 aliphatic heterocycles. The van der Waals surface area contributed by atoms with Crippen molar-refractivity contribution >= 4 is 23.4 Å². The van der Waals surface area contributed by atoms with Crippen molar-refractivity contribution in [2.45, 2.75) is 45.7 Å². The highest BCUT2D eigenvalue weighted by Gasteiger charge is 2.44. The van der Waals surface area contributed by atoms with E-state index in [1.165, 1.54) is 9.80 Å². The minimum atomic E-state index is -0.886. The predicted molar refractivity (Wildman–Crippen MR) is 135 cm³/mol. The Balaban J connectivity index is 1.66. The van der Waals surface area contributed by atoms with Crippen LogP contribution >= 0.6 is 0 Å². The molecule has 1 aliphatic rings. The molecule has 0 aliphatic carbocycles. The van der Waals surface area contributed by atoms with E-state index in [1.54, 1.807) is 43.5 Å². The van der Waals surface area contributed by atoms with E-state index in [9.17, 15) is 14.4 Å². The summed E-state index contributed by atoms with van der Waals surface area (Å²) in [5.74, 6) is -0.0324. The summed E-state index contributed by atoms with van der Waals surface area (Å²) in [6.07, 6.45) is -0.0570. The van der Waals surface area contributed by atoms with E-state index in [0.29, 0.717) is 22.9 Å². The van der Waals surface area contributed by atoms with Crippen LogP contribution in [0.4, 0.5) is 5.69 Å². The van der Waals surface area contributed by atoms with Crippen LogP contribution in [0.25, 0.3) is 0 Å². The van der Waals surface area contributed by atoms with Gasteiger partial charge in [0.05, 0.1) is 19.2 Å². The maximum atomic E-state index is 13.6. The summed E-state index contributed by atoms with van der Waals surface area (Å²) < 4.78 is 5.20. The quantitative estimate of drug-likeness (QED) is 0.451. The normalized spacial score (nSPS) is 15.6. The minimum Gasteiger partial charge on any atom is -0.497 e. The number of imide groups is 1. The molecule has 35 heavy (non-hydrogen) atoms. The molecule has 6 heteroatoms. The number of carbonyl (C=O) groups excluding carboxylic acids is 3. The van der Waals surface area contributed by atoms with Gasteiger partial charge in [-0.1, -0.05) is 55.8 Å². The van der Waals surface area contributed by atoms with E-state index in [-0.39, 0.29) is 30.7 Å². The SMILES string of the molecule is COc1ccc(C(=O)N(Cc2ccc(C)cc2)C2CC(=O)N(c3ccc(C(C)C)cc3)C2=O)cc1. The van der Waals surface area contributed by atoms with Gasteiger partial charge in [0.2, 0.25) is 5.91 Å². The van der Waals surface area contributed by atoms with E-state index >= 15 is 0 Å². The molecular weight excluding hydrogens is 440 g/mol. The van der Waals surface area contributed by atoms with Crippen LogP contribution in [0.2, 0.25) is 0 Å². The highest BCUT2D eigenvalue weighted by Crippen LogP contribution is 2.29. The zero-order chi connectivity index (χ0) is 25.1. The monoisotopic (exact) mass is 470 g/mol. The summed E-state index contributed by atoms with van der Waals surface area (Å²) in [5.41, 5.74) is 4.07. The smallest absolute Gasteiger partial charge is 0.257 e. The number of ether oxygens (including phenoxy) is 1. The molecule has 1 heterocycles. The Morgan fingerprint density at radius 2 is 1.60 bits per heavy atom. The number of anilines is 1. The fourth-order valence-corrected chi connectivity index (χ4v) is 4.25. The van der Waals surface area contributed by atoms with E-state index < -0.39 is 6.04 Å². The number of benzene rings is 3. The first kappa shape index (κ1) is 24.2. The van der Waals surface area contributed by atoms with Crippen LogP contribution in [0.5, 0.6) is 5.75 Å². The van der Waals surface area contributed by atoms with E-state index in [0.717, 1.165) is 16.7 Å². The van der Waals surface area contributed by atoms with Gasteiger partial charge in [-0.15, -0.1) is 0 Å². The number of nitrogens with zero attached hydrogens (tertiary/aromatic N) is 2. The molecule has 3 aromatic rings. The van der Waals surface area contributed by atoms with Crippen LogP contribution in [0, 0.1) is 6.92 Å². The lowest BCUT2D eigenvalue weighted by molar-refractivity contribution is -0.122. The van der Waals surface area contributed by atoms with Crippen LogP contribution < -0.4 is 9.64 Å². The summed E-state index contributed by atoms with van der Waals surface area (Å²) in [4.78, 5) is 42.9. The summed E-state index contributed by atoms with van der Waals surface area (Å²) >= 11 is 0. The first-order chi connectivity index (χ1) is 16.8. The van der Waals surface area contributed by atoms with Crippen molar-refractivity contribution in [3.63, 3.8) is 0 Å². The largest absolute Gasteiger partial charge is 0.497 e. The lowest BCUT2D eigenvalue weighted by Crippen LogP contribution is -2.45. The molecule has 0 bridgehead atoms. The maximum absolute atomic E-state index is 13.6. The molecule has 0 aromatic heterocycles. The minimum absolute atomic E-state index is 0.0570. The van der Waals surface area contributed by atoms with Crippen LogP contribution in [-0.4, -0.2) is 35.8 Å². The van der Waals surface area contributed by atoms with Gasteiger partial charge < -0.3 is 9.64 Å². The average Bonchev–Trinajstić information content (AvgIpc) is 3.16. The van der Waals surface area contributed by atoms with Gasteiger partial charge in [0.15, 0.2) is 0 Å². The Hall–Kier alpha value is -3.93. The predicted octanol–water partition coefficient (Wildman–Crippen LogP) is 5.10. The van der Waals surface area contributed by atoms with Gasteiger partial charge >= 0.3 is 0 Å². The average molecular weight is 471 g/mol. The highest BCUT2D eigenvalue weighted by molar-refractivity contribution is 6.23. The van der Waals surface area contributed by atoms with Crippen LogP contribution in [0.15, 0.2) is 72.8 Å². The third-order valence-electron chi connectivity index (χ3n) is 6.39. The molecule has 6 nitrogen and oxygen atoms in total. The number of carbonyl (C=O) groups is 3. The van der Waals surface area contributed by atoms with Crippen molar-refractivity contribution in [3.05, 3.63) is 95.1 Å². The van der Waals surface area contributed by atoms with Crippen molar-refractivity contribution in [3.8, 4) is 5.75 Å². The van der Waals surface area contributed by atoms with Gasteiger partial charge in [-0.3, -0.25) is 14.4 Å². The Labute approximate surface area is 206 Å². The second-order valence-corrected chi connectivity index (χ2v) is 9.18. The standard InChI is InChI=1S/C29H30N2O4/c1-19(2)22-9-13-24(14-10-22)31-27(32)17-26(29(31)34)30(18-21-7-5-20(3)6-8-21)28(33)23-11-15-25(35-4)16-12-23/h5-16,19,26H,17-18H2,1-4H3. The van der Waals surface area contributed by atoms with Gasteiger partial charge in [0.25, 0.3) is 11.8 Å². The fraction of sp³-hybridized carbons (Fsp3) is 0.276. The lowest BCUT2D eigenvalue weighted by Gasteiger charge is -2.28. The van der Waals surface area contributed by atoms with Crippen LogP contribution in [0.3, 0.4) is 0 Å². The van der Waals surface area contributed by atoms with Crippen molar-refractivity contribution in [2.24, 2.45) is 0 Å². The zero-order valence-corrected chi connectivity index (χ0v) is 20.5. The molecule has 0 radical (unpaired) electrons. The first-order valence-corrected chi connectivity index (χ1v) is 11.8. The van der Waals surface area contributed by atoms with Crippen LogP contribution in [-0.2, 0) is 16.1 Å². The fourth-order valence-electron chi connectivity index (χ4n) is 4.25. The molecule has 1 atom stereocenters. The van der Waals surface area contributed by atoms with E-state index in [1.807, 2.05) is 43.3 Å². The summed E-state index contributed by atoms with van der Waals surface area (Å²) in [7, 11) is 1.56. The van der Waals surface area contributed by atoms with Gasteiger partial charge in [-0.05, 0) is 60.4 Å². The molecule has 0 saturated carbocycles. The summed E-state index contributed by atoms with van der Waals surface area (Å²) in [6.45, 7) is 6.39. The van der Waals surface area contributed by atoms with Crippen LogP contribution in [0.1, 0.15) is 53.2 Å². The van der Waals surface area contributed by atoms with Crippen molar-refractivity contribution in [1.29, 1.82) is 0 Å². The number of amides is 3. The van der Waals surface area contributed by atoms with Crippen molar-refractivity contribution in [2.75, 3.05) is 12.0 Å². The number of aryl methyl sites for hydroxylation is 1. The topological polar surface area (TPSA) is 66.9 Å². The number of rotatable bonds is 7. The third-order valence-corrected chi connectivity index (χ3v) is 6.39. The number of hydrogen-bond donors (Lipinski definition) is 0. The number of hydrogen-bond acceptors (Lipinski definition) is 4.